The fourth-order valence-electron chi connectivity index (χ4n) is 3.38. The quantitative estimate of drug-likeness (QED) is 0.740. The van der Waals surface area contributed by atoms with Gasteiger partial charge in [0, 0.05) is 30.4 Å². The van der Waals surface area contributed by atoms with Crippen LogP contribution in [0.3, 0.4) is 0 Å². The summed E-state index contributed by atoms with van der Waals surface area (Å²) in [7, 11) is 0. The molecule has 3 rings (SSSR count). The van der Waals surface area contributed by atoms with E-state index in [4.69, 9.17) is 0 Å². The Bertz CT molecular complexity index is 841. The Morgan fingerprint density at radius 1 is 1.11 bits per heavy atom. The summed E-state index contributed by atoms with van der Waals surface area (Å²) in [4.78, 5) is 31.0. The third kappa shape index (κ3) is 4.47. The topological polar surface area (TPSA) is 62.3 Å². The van der Waals surface area contributed by atoms with Gasteiger partial charge in [-0.1, -0.05) is 44.1 Å². The largest absolute Gasteiger partial charge is 0.352 e. The molecule has 28 heavy (non-hydrogen) atoms. The number of carbonyl (C=O) groups is 2. The molecule has 0 fully saturated rings. The molecule has 1 aromatic carbocycles. The summed E-state index contributed by atoms with van der Waals surface area (Å²) >= 11 is 0. The van der Waals surface area contributed by atoms with Crippen LogP contribution in [0.2, 0.25) is 0 Å². The number of benzene rings is 1. The summed E-state index contributed by atoms with van der Waals surface area (Å²) in [5.41, 5.74) is 2.92. The predicted molar refractivity (Wildman–Crippen MR) is 111 cm³/mol. The lowest BCUT2D eigenvalue weighted by Gasteiger charge is -2.24. The number of hydrogen-bond acceptors (Lipinski definition) is 3. The zero-order valence-corrected chi connectivity index (χ0v) is 16.5. The molecule has 1 atom stereocenters. The molecular formula is C23H27N3O2. The van der Waals surface area contributed by atoms with Crippen molar-refractivity contribution in [3.63, 3.8) is 0 Å². The van der Waals surface area contributed by atoms with Crippen molar-refractivity contribution in [3.05, 3.63) is 65.9 Å². The number of nitrogens with zero attached hydrogens (tertiary/aromatic N) is 2. The van der Waals surface area contributed by atoms with Gasteiger partial charge in [0.2, 0.25) is 0 Å². The van der Waals surface area contributed by atoms with Crippen molar-refractivity contribution in [2.75, 3.05) is 13.1 Å². The van der Waals surface area contributed by atoms with Crippen LogP contribution in [0.25, 0.3) is 11.3 Å². The Balaban J connectivity index is 1.69. The van der Waals surface area contributed by atoms with Gasteiger partial charge < -0.3 is 10.2 Å². The molecule has 5 nitrogen and oxygen atoms in total. The monoisotopic (exact) mass is 377 g/mol. The first-order valence-corrected chi connectivity index (χ1v) is 9.96. The first-order chi connectivity index (χ1) is 13.6. The summed E-state index contributed by atoms with van der Waals surface area (Å²) in [5, 5.41) is 2.76. The average Bonchev–Trinajstić information content (AvgIpc) is 3.20. The van der Waals surface area contributed by atoms with Gasteiger partial charge in [0.05, 0.1) is 17.3 Å². The van der Waals surface area contributed by atoms with Gasteiger partial charge in [0.25, 0.3) is 11.8 Å². The smallest absolute Gasteiger partial charge is 0.254 e. The van der Waals surface area contributed by atoms with Crippen LogP contribution in [-0.2, 0) is 0 Å². The van der Waals surface area contributed by atoms with Gasteiger partial charge >= 0.3 is 0 Å². The van der Waals surface area contributed by atoms with E-state index in [0.29, 0.717) is 24.2 Å². The zero-order chi connectivity index (χ0) is 19.9. The number of hydrogen-bond donors (Lipinski definition) is 1. The second-order valence-corrected chi connectivity index (χ2v) is 6.96. The van der Waals surface area contributed by atoms with Crippen LogP contribution in [0.1, 0.15) is 53.8 Å². The molecule has 5 heteroatoms. The maximum absolute atomic E-state index is 12.9. The summed E-state index contributed by atoms with van der Waals surface area (Å²) in [5.74, 6) is -0.0588. The van der Waals surface area contributed by atoms with Crippen LogP contribution in [0.5, 0.6) is 0 Å². The number of rotatable bonds is 7. The van der Waals surface area contributed by atoms with E-state index in [-0.39, 0.29) is 17.9 Å². The van der Waals surface area contributed by atoms with Crippen LogP contribution in [-0.4, -0.2) is 40.8 Å². The molecule has 1 N–H and O–H groups in total. The first-order valence-electron chi connectivity index (χ1n) is 9.96. The highest BCUT2D eigenvalue weighted by atomic mass is 16.2. The van der Waals surface area contributed by atoms with Crippen molar-refractivity contribution in [1.29, 1.82) is 0 Å². The minimum Gasteiger partial charge on any atom is -0.352 e. The molecular weight excluding hydrogens is 350 g/mol. The molecule has 2 heterocycles. The van der Waals surface area contributed by atoms with E-state index in [1.165, 1.54) is 0 Å². The summed E-state index contributed by atoms with van der Waals surface area (Å²) in [6.07, 6.45) is 9.06. The van der Waals surface area contributed by atoms with E-state index in [0.717, 1.165) is 30.5 Å². The molecule has 0 saturated heterocycles. The molecule has 0 radical (unpaired) electrons. The zero-order valence-electron chi connectivity index (χ0n) is 16.5. The molecule has 0 bridgehead atoms. The van der Waals surface area contributed by atoms with Crippen LogP contribution >= 0.6 is 0 Å². The molecule has 2 aromatic rings. The standard InChI is InChI=1S/C23H27N3O2/c1-3-5-7-20-8-6-15-26(20)23(28)18-11-9-17(10-12-18)21-14-13-19(16-25-21)22(27)24-4-2/h6,8-14,16,20H,3-5,7,15H2,1-2H3,(H,24,27)/t20-/m0/s1. The third-order valence-corrected chi connectivity index (χ3v) is 4.97. The summed E-state index contributed by atoms with van der Waals surface area (Å²) in [6.45, 7) is 5.31. The minimum absolute atomic E-state index is 0.0668. The molecule has 1 aliphatic rings. The van der Waals surface area contributed by atoms with Gasteiger partial charge in [0.15, 0.2) is 0 Å². The normalized spacial score (nSPS) is 15.6. The second kappa shape index (κ2) is 9.31. The van der Waals surface area contributed by atoms with Gasteiger partial charge in [-0.05, 0) is 37.6 Å². The van der Waals surface area contributed by atoms with Crippen molar-refractivity contribution in [2.24, 2.45) is 0 Å². The number of carbonyl (C=O) groups excluding carboxylic acids is 2. The van der Waals surface area contributed by atoms with Crippen molar-refractivity contribution in [3.8, 4) is 11.3 Å². The Morgan fingerprint density at radius 2 is 1.86 bits per heavy atom. The van der Waals surface area contributed by atoms with E-state index in [1.807, 2.05) is 42.2 Å². The maximum Gasteiger partial charge on any atom is 0.254 e. The van der Waals surface area contributed by atoms with Gasteiger partial charge in [0.1, 0.15) is 0 Å². The molecule has 2 amide bonds. The lowest BCUT2D eigenvalue weighted by atomic mass is 10.1. The van der Waals surface area contributed by atoms with Crippen LogP contribution < -0.4 is 5.32 Å². The Hall–Kier alpha value is -2.95. The maximum atomic E-state index is 12.9. The molecule has 1 aliphatic heterocycles. The van der Waals surface area contributed by atoms with Crippen molar-refractivity contribution < 1.29 is 9.59 Å². The molecule has 0 unspecified atom stereocenters. The SMILES string of the molecule is CCCC[C@H]1C=CCN1C(=O)c1ccc(-c2ccc(C(=O)NCC)cn2)cc1. The van der Waals surface area contributed by atoms with Gasteiger partial charge in [-0.25, -0.2) is 0 Å². The number of amides is 2. The fourth-order valence-corrected chi connectivity index (χ4v) is 3.38. The first kappa shape index (κ1) is 19.8. The number of unbranched alkanes of at least 4 members (excludes halogenated alkanes) is 1. The highest BCUT2D eigenvalue weighted by Crippen LogP contribution is 2.22. The Morgan fingerprint density at radius 3 is 2.50 bits per heavy atom. The average molecular weight is 377 g/mol. The van der Waals surface area contributed by atoms with Gasteiger partial charge in [-0.3, -0.25) is 14.6 Å². The molecule has 1 aromatic heterocycles. The highest BCUT2D eigenvalue weighted by molar-refractivity contribution is 5.95. The van der Waals surface area contributed by atoms with Crippen molar-refractivity contribution in [2.45, 2.75) is 39.2 Å². The Kier molecular flexibility index (Phi) is 6.58. The van der Waals surface area contributed by atoms with Crippen LogP contribution in [0.15, 0.2) is 54.7 Å². The minimum atomic E-state index is -0.126. The van der Waals surface area contributed by atoms with Gasteiger partial charge in [-0.2, -0.15) is 0 Å². The second-order valence-electron chi connectivity index (χ2n) is 6.96. The summed E-state index contributed by atoms with van der Waals surface area (Å²) < 4.78 is 0. The predicted octanol–water partition coefficient (Wildman–Crippen LogP) is 4.07. The molecule has 0 aliphatic carbocycles. The fraction of sp³-hybridized carbons (Fsp3) is 0.348. The van der Waals surface area contributed by atoms with Crippen molar-refractivity contribution >= 4 is 11.8 Å². The molecule has 0 saturated carbocycles. The molecule has 146 valence electrons. The van der Waals surface area contributed by atoms with E-state index in [2.05, 4.69) is 29.4 Å². The van der Waals surface area contributed by atoms with E-state index >= 15 is 0 Å². The number of aromatic nitrogens is 1. The van der Waals surface area contributed by atoms with E-state index < -0.39 is 0 Å². The van der Waals surface area contributed by atoms with Crippen molar-refractivity contribution in [1.82, 2.24) is 15.2 Å². The lowest BCUT2D eigenvalue weighted by molar-refractivity contribution is 0.0743. The number of nitrogens with one attached hydrogen (secondary N) is 1. The summed E-state index contributed by atoms with van der Waals surface area (Å²) in [6, 6.07) is 11.3. The van der Waals surface area contributed by atoms with Gasteiger partial charge in [-0.15, -0.1) is 0 Å². The lowest BCUT2D eigenvalue weighted by Crippen LogP contribution is -2.36. The van der Waals surface area contributed by atoms with Crippen LogP contribution in [0, 0.1) is 0 Å². The Labute approximate surface area is 166 Å². The van der Waals surface area contributed by atoms with E-state index in [1.54, 1.807) is 12.3 Å². The highest BCUT2D eigenvalue weighted by Gasteiger charge is 2.25. The van der Waals surface area contributed by atoms with Crippen LogP contribution in [0.4, 0.5) is 0 Å². The molecule has 0 spiro atoms. The number of pyridine rings is 1. The third-order valence-electron chi connectivity index (χ3n) is 4.97. The van der Waals surface area contributed by atoms with E-state index in [9.17, 15) is 9.59 Å².